The van der Waals surface area contributed by atoms with Gasteiger partial charge in [0.25, 0.3) is 0 Å². The lowest BCUT2D eigenvalue weighted by atomic mass is 9.88. The van der Waals surface area contributed by atoms with Gasteiger partial charge in [-0.3, -0.25) is 9.78 Å². The first kappa shape index (κ1) is 30.3. The van der Waals surface area contributed by atoms with Crippen LogP contribution in [0, 0.1) is 19.7 Å². The molecule has 6 heteroatoms. The largest absolute Gasteiger partial charge is 0.493 e. The van der Waals surface area contributed by atoms with Crippen LogP contribution in [0.1, 0.15) is 60.7 Å². The van der Waals surface area contributed by atoms with Crippen molar-refractivity contribution in [1.29, 1.82) is 0 Å². The van der Waals surface area contributed by atoms with Gasteiger partial charge >= 0.3 is 5.97 Å². The number of aromatic nitrogens is 1. The van der Waals surface area contributed by atoms with E-state index in [1.54, 1.807) is 12.1 Å². The minimum atomic E-state index is -0.236. The molecule has 5 rings (SSSR count). The molecular formula is C37H41FN2O3. The molecule has 43 heavy (non-hydrogen) atoms. The van der Waals surface area contributed by atoms with Crippen molar-refractivity contribution in [1.82, 2.24) is 4.98 Å². The van der Waals surface area contributed by atoms with Crippen LogP contribution in [0.5, 0.6) is 5.75 Å². The Morgan fingerprint density at radius 1 is 0.930 bits per heavy atom. The van der Waals surface area contributed by atoms with Gasteiger partial charge in [-0.1, -0.05) is 54.6 Å². The average molecular weight is 581 g/mol. The van der Waals surface area contributed by atoms with Gasteiger partial charge in [-0.2, -0.15) is 0 Å². The highest BCUT2D eigenvalue weighted by molar-refractivity contribution is 5.87. The number of carbonyl (C=O) groups is 1. The molecule has 224 valence electrons. The molecule has 0 amide bonds. The van der Waals surface area contributed by atoms with E-state index in [0.29, 0.717) is 18.9 Å². The Hall–Kier alpha value is -4.19. The maximum atomic E-state index is 13.2. The van der Waals surface area contributed by atoms with Crippen LogP contribution in [-0.2, 0) is 22.4 Å². The Kier molecular flexibility index (Phi) is 9.75. The number of hydrogen-bond acceptors (Lipinski definition) is 5. The second kappa shape index (κ2) is 13.9. The van der Waals surface area contributed by atoms with Crippen molar-refractivity contribution in [3.05, 3.63) is 113 Å². The Morgan fingerprint density at radius 2 is 1.60 bits per heavy atom. The fourth-order valence-electron chi connectivity index (χ4n) is 6.04. The zero-order chi connectivity index (χ0) is 30.3. The molecule has 1 aliphatic heterocycles. The molecule has 0 bridgehead atoms. The molecule has 4 aromatic rings. The fraction of sp³-hybridized carbons (Fsp3) is 0.351. The first-order valence-corrected chi connectivity index (χ1v) is 15.3. The van der Waals surface area contributed by atoms with E-state index in [-0.39, 0.29) is 24.3 Å². The van der Waals surface area contributed by atoms with Gasteiger partial charge in [0.1, 0.15) is 11.6 Å². The topological polar surface area (TPSA) is 51.7 Å². The molecule has 1 saturated heterocycles. The highest BCUT2D eigenvalue weighted by atomic mass is 19.1. The van der Waals surface area contributed by atoms with E-state index in [2.05, 4.69) is 47.4 Å². The maximum absolute atomic E-state index is 13.2. The summed E-state index contributed by atoms with van der Waals surface area (Å²) < 4.78 is 24.8. The standard InChI is InChI=1S/C37H41FN2O3/c1-25(2)43-35(41)24-34-26(3)39-27(4)36(37(34)40-21-18-30(19-22-40)29-8-6-5-7-9-29)31-12-16-33(17-13-31)42-23-20-28-10-14-32(38)15-11-28/h5-17,25,30H,18-24H2,1-4H3. The summed E-state index contributed by atoms with van der Waals surface area (Å²) in [7, 11) is 0. The van der Waals surface area contributed by atoms with Crippen molar-refractivity contribution in [2.24, 2.45) is 0 Å². The first-order valence-electron chi connectivity index (χ1n) is 15.3. The number of benzene rings is 3. The number of pyridine rings is 1. The Balaban J connectivity index is 1.41. The number of esters is 1. The van der Waals surface area contributed by atoms with Crippen LogP contribution in [0.4, 0.5) is 10.1 Å². The van der Waals surface area contributed by atoms with Gasteiger partial charge in [-0.25, -0.2) is 4.39 Å². The molecule has 1 aliphatic rings. The van der Waals surface area contributed by atoms with E-state index in [4.69, 9.17) is 14.5 Å². The molecule has 0 aliphatic carbocycles. The number of aryl methyl sites for hydroxylation is 2. The minimum absolute atomic E-state index is 0.175. The number of hydrogen-bond donors (Lipinski definition) is 0. The molecule has 1 fully saturated rings. The monoisotopic (exact) mass is 580 g/mol. The molecule has 0 spiro atoms. The minimum Gasteiger partial charge on any atom is -0.493 e. The summed E-state index contributed by atoms with van der Waals surface area (Å²) in [6, 6.07) is 25.4. The van der Waals surface area contributed by atoms with E-state index in [1.165, 1.54) is 17.7 Å². The summed E-state index contributed by atoms with van der Waals surface area (Å²) in [6.45, 7) is 10.1. The second-order valence-corrected chi connectivity index (χ2v) is 11.6. The van der Waals surface area contributed by atoms with Crippen LogP contribution in [0.15, 0.2) is 78.9 Å². The summed E-state index contributed by atoms with van der Waals surface area (Å²) in [5.41, 5.74) is 8.32. The molecule has 2 heterocycles. The fourth-order valence-corrected chi connectivity index (χ4v) is 6.04. The van der Waals surface area contributed by atoms with E-state index in [1.807, 2.05) is 39.8 Å². The van der Waals surface area contributed by atoms with Gasteiger partial charge in [0.15, 0.2) is 0 Å². The number of nitrogens with zero attached hydrogens (tertiary/aromatic N) is 2. The molecule has 0 N–H and O–H groups in total. The van der Waals surface area contributed by atoms with E-state index in [0.717, 1.165) is 71.0 Å². The summed E-state index contributed by atoms with van der Waals surface area (Å²) >= 11 is 0. The van der Waals surface area contributed by atoms with Gasteiger partial charge in [0.05, 0.1) is 24.8 Å². The van der Waals surface area contributed by atoms with Crippen LogP contribution < -0.4 is 9.64 Å². The second-order valence-electron chi connectivity index (χ2n) is 11.6. The van der Waals surface area contributed by atoms with Crippen LogP contribution >= 0.6 is 0 Å². The molecule has 5 nitrogen and oxygen atoms in total. The third-order valence-electron chi connectivity index (χ3n) is 8.14. The molecule has 0 radical (unpaired) electrons. The van der Waals surface area contributed by atoms with E-state index < -0.39 is 0 Å². The van der Waals surface area contributed by atoms with Crippen molar-refractivity contribution < 1.29 is 18.7 Å². The smallest absolute Gasteiger partial charge is 0.310 e. The Labute approximate surface area is 254 Å². The maximum Gasteiger partial charge on any atom is 0.310 e. The molecular weight excluding hydrogens is 539 g/mol. The normalized spacial score (nSPS) is 13.8. The van der Waals surface area contributed by atoms with Gasteiger partial charge in [0, 0.05) is 42.0 Å². The van der Waals surface area contributed by atoms with Gasteiger partial charge < -0.3 is 14.4 Å². The van der Waals surface area contributed by atoms with Gasteiger partial charge in [-0.15, -0.1) is 0 Å². The third-order valence-corrected chi connectivity index (χ3v) is 8.14. The summed E-state index contributed by atoms with van der Waals surface area (Å²) in [6.07, 6.45) is 2.79. The number of anilines is 1. The predicted molar refractivity (Wildman–Crippen MR) is 170 cm³/mol. The van der Waals surface area contributed by atoms with Crippen LogP contribution in [-0.4, -0.2) is 36.8 Å². The molecule has 0 unspecified atom stereocenters. The van der Waals surface area contributed by atoms with Gasteiger partial charge in [-0.05, 0) is 87.4 Å². The Bertz CT molecular complexity index is 1510. The number of ether oxygens (including phenoxy) is 2. The average Bonchev–Trinajstić information content (AvgIpc) is 3.00. The Morgan fingerprint density at radius 3 is 2.26 bits per heavy atom. The van der Waals surface area contributed by atoms with Crippen molar-refractivity contribution in [3.8, 4) is 16.9 Å². The highest BCUT2D eigenvalue weighted by Gasteiger charge is 2.28. The molecule has 0 saturated carbocycles. The molecule has 0 atom stereocenters. The SMILES string of the molecule is Cc1nc(C)c(-c2ccc(OCCc3ccc(F)cc3)cc2)c(N2CCC(c3ccccc3)CC2)c1CC(=O)OC(C)C. The van der Waals surface area contributed by atoms with Gasteiger partial charge in [0.2, 0.25) is 0 Å². The predicted octanol–water partition coefficient (Wildman–Crippen LogP) is 8.00. The summed E-state index contributed by atoms with van der Waals surface area (Å²) in [4.78, 5) is 20.3. The van der Waals surface area contributed by atoms with Crippen molar-refractivity contribution in [2.75, 3.05) is 24.6 Å². The van der Waals surface area contributed by atoms with E-state index in [9.17, 15) is 9.18 Å². The number of halogens is 1. The quantitative estimate of drug-likeness (QED) is 0.178. The lowest BCUT2D eigenvalue weighted by molar-refractivity contribution is -0.146. The number of carbonyl (C=O) groups excluding carboxylic acids is 1. The molecule has 3 aromatic carbocycles. The zero-order valence-corrected chi connectivity index (χ0v) is 25.6. The number of rotatable bonds is 10. The molecule has 1 aromatic heterocycles. The lowest BCUT2D eigenvalue weighted by Gasteiger charge is -2.37. The van der Waals surface area contributed by atoms with Crippen molar-refractivity contribution in [3.63, 3.8) is 0 Å². The van der Waals surface area contributed by atoms with Crippen molar-refractivity contribution >= 4 is 11.7 Å². The first-order chi connectivity index (χ1) is 20.8. The van der Waals surface area contributed by atoms with Crippen molar-refractivity contribution in [2.45, 2.75) is 65.4 Å². The van der Waals surface area contributed by atoms with E-state index >= 15 is 0 Å². The van der Waals surface area contributed by atoms with Crippen LogP contribution in [0.2, 0.25) is 0 Å². The third kappa shape index (κ3) is 7.61. The number of piperidine rings is 1. The van der Waals surface area contributed by atoms with Crippen LogP contribution in [0.3, 0.4) is 0 Å². The zero-order valence-electron chi connectivity index (χ0n) is 25.6. The van der Waals surface area contributed by atoms with Crippen LogP contribution in [0.25, 0.3) is 11.1 Å². The lowest BCUT2D eigenvalue weighted by Crippen LogP contribution is -2.35. The highest BCUT2D eigenvalue weighted by Crippen LogP contribution is 2.41. The summed E-state index contributed by atoms with van der Waals surface area (Å²) in [5.74, 6) is 0.821. The summed E-state index contributed by atoms with van der Waals surface area (Å²) in [5, 5.41) is 0.